The molecule has 2 saturated heterocycles. The fourth-order valence-corrected chi connectivity index (χ4v) is 5.16. The number of nitrogens with one attached hydrogen (secondary N) is 1. The van der Waals surface area contributed by atoms with Gasteiger partial charge in [0.1, 0.15) is 11.9 Å². The third-order valence-corrected chi connectivity index (χ3v) is 6.79. The number of hydrogen-bond donors (Lipinski definition) is 1. The summed E-state index contributed by atoms with van der Waals surface area (Å²) in [6.45, 7) is 0. The lowest BCUT2D eigenvalue weighted by Gasteiger charge is -2.43. The molecule has 2 aliphatic heterocycles. The molecule has 2 bridgehead atoms. The second-order valence-corrected chi connectivity index (χ2v) is 8.62. The summed E-state index contributed by atoms with van der Waals surface area (Å²) in [5, 5.41) is 6.69. The molecule has 1 N–H and O–H groups in total. The standard InChI is InChI=1S/C20H23FN2O2S/c1-23(2)15-4-5-16(23)11-17(10-15)25-20(24)22-19-9-14(21)3-6-18(19)13-7-8-26-12-13/h3,6-9,12,15-17H,4-5,10-11H2,1-2H3/p+1/t15-,16+,17?. The van der Waals surface area contributed by atoms with E-state index >= 15 is 0 Å². The van der Waals surface area contributed by atoms with Crippen molar-refractivity contribution in [1.82, 2.24) is 0 Å². The van der Waals surface area contributed by atoms with E-state index in [1.165, 1.54) is 25.0 Å². The van der Waals surface area contributed by atoms with Gasteiger partial charge in [-0.2, -0.15) is 11.3 Å². The number of ether oxygens (including phenoxy) is 1. The number of carbonyl (C=O) groups is 1. The lowest BCUT2D eigenvalue weighted by molar-refractivity contribution is -0.931. The zero-order valence-electron chi connectivity index (χ0n) is 15.1. The van der Waals surface area contributed by atoms with Crippen LogP contribution in [0.1, 0.15) is 25.7 Å². The van der Waals surface area contributed by atoms with Crippen LogP contribution in [0.25, 0.3) is 11.1 Å². The predicted octanol–water partition coefficient (Wildman–Crippen LogP) is 4.87. The predicted molar refractivity (Wildman–Crippen MR) is 102 cm³/mol. The van der Waals surface area contributed by atoms with Gasteiger partial charge in [0.05, 0.1) is 31.9 Å². The Morgan fingerprint density at radius 3 is 2.62 bits per heavy atom. The summed E-state index contributed by atoms with van der Waals surface area (Å²) >= 11 is 1.56. The molecule has 4 nitrogen and oxygen atoms in total. The first kappa shape index (κ1) is 17.5. The summed E-state index contributed by atoms with van der Waals surface area (Å²) < 4.78 is 20.4. The molecule has 2 aromatic rings. The number of rotatable bonds is 3. The number of piperidine rings is 1. The molecule has 26 heavy (non-hydrogen) atoms. The van der Waals surface area contributed by atoms with Crippen molar-refractivity contribution in [3.8, 4) is 11.1 Å². The van der Waals surface area contributed by atoms with Crippen molar-refractivity contribution in [3.05, 3.63) is 40.8 Å². The lowest BCUT2D eigenvalue weighted by atomic mass is 9.98. The van der Waals surface area contributed by atoms with E-state index in [0.29, 0.717) is 17.8 Å². The molecule has 1 aromatic heterocycles. The van der Waals surface area contributed by atoms with E-state index in [4.69, 9.17) is 4.74 Å². The smallest absolute Gasteiger partial charge is 0.411 e. The number of hydrogen-bond acceptors (Lipinski definition) is 3. The summed E-state index contributed by atoms with van der Waals surface area (Å²) in [5.74, 6) is -0.381. The fourth-order valence-electron chi connectivity index (χ4n) is 4.51. The first-order chi connectivity index (χ1) is 12.4. The molecule has 2 fully saturated rings. The first-order valence-corrected chi connectivity index (χ1v) is 10.0. The summed E-state index contributed by atoms with van der Waals surface area (Å²) in [6.07, 6.45) is 3.64. The molecule has 3 heterocycles. The maximum Gasteiger partial charge on any atom is 0.411 e. The third-order valence-electron chi connectivity index (χ3n) is 6.11. The molecule has 1 amide bonds. The average molecular weight is 375 g/mol. The largest absolute Gasteiger partial charge is 0.445 e. The minimum atomic E-state index is -0.497. The van der Waals surface area contributed by atoms with Crippen LogP contribution in [0.15, 0.2) is 35.0 Å². The van der Waals surface area contributed by atoms with Gasteiger partial charge in [-0.1, -0.05) is 0 Å². The molecular formula is C20H24FN2O2S+. The Bertz CT molecular complexity index is 790. The molecule has 6 heteroatoms. The molecule has 0 saturated carbocycles. The fraction of sp³-hybridized carbons (Fsp3) is 0.450. The van der Waals surface area contributed by atoms with Gasteiger partial charge in [0, 0.05) is 31.2 Å². The Labute approximate surface area is 157 Å². The Kier molecular flexibility index (Phi) is 4.49. The molecule has 3 atom stereocenters. The minimum Gasteiger partial charge on any atom is -0.445 e. The number of amides is 1. The number of carbonyl (C=O) groups excluding carboxylic acids is 1. The van der Waals surface area contributed by atoms with Gasteiger partial charge < -0.3 is 9.22 Å². The van der Waals surface area contributed by atoms with Gasteiger partial charge >= 0.3 is 6.09 Å². The van der Waals surface area contributed by atoms with Crippen LogP contribution in [0.5, 0.6) is 0 Å². The topological polar surface area (TPSA) is 38.3 Å². The molecule has 4 rings (SSSR count). The van der Waals surface area contributed by atoms with Crippen LogP contribution in [0.2, 0.25) is 0 Å². The molecule has 1 unspecified atom stereocenters. The maximum absolute atomic E-state index is 13.7. The number of fused-ring (bicyclic) bond motifs is 2. The van der Waals surface area contributed by atoms with E-state index in [9.17, 15) is 9.18 Å². The number of quaternary nitrogens is 1. The van der Waals surface area contributed by atoms with Crippen molar-refractivity contribution < 1.29 is 18.4 Å². The van der Waals surface area contributed by atoms with E-state index in [1.54, 1.807) is 17.4 Å². The van der Waals surface area contributed by atoms with Crippen LogP contribution in [0, 0.1) is 5.82 Å². The monoisotopic (exact) mass is 375 g/mol. The van der Waals surface area contributed by atoms with Crippen molar-refractivity contribution in [3.63, 3.8) is 0 Å². The maximum atomic E-state index is 13.7. The van der Waals surface area contributed by atoms with Crippen molar-refractivity contribution in [2.75, 3.05) is 19.4 Å². The normalized spacial score (nSPS) is 26.5. The van der Waals surface area contributed by atoms with Gasteiger partial charge in [-0.3, -0.25) is 5.32 Å². The van der Waals surface area contributed by atoms with Crippen molar-refractivity contribution >= 4 is 23.1 Å². The Morgan fingerprint density at radius 2 is 1.96 bits per heavy atom. The Hall–Kier alpha value is -1.92. The quantitative estimate of drug-likeness (QED) is 0.777. The van der Waals surface area contributed by atoms with Crippen LogP contribution in [-0.4, -0.2) is 42.9 Å². The summed E-state index contributed by atoms with van der Waals surface area (Å²) in [6, 6.07) is 7.51. The van der Waals surface area contributed by atoms with Crippen LogP contribution in [0.4, 0.5) is 14.9 Å². The highest BCUT2D eigenvalue weighted by molar-refractivity contribution is 7.08. The molecule has 0 aliphatic carbocycles. The SMILES string of the molecule is C[N+]1(C)[C@@H]2CC[C@H]1CC(OC(=O)Nc1cc(F)ccc1-c1ccsc1)C2. The molecule has 1 aromatic carbocycles. The van der Waals surface area contributed by atoms with Gasteiger partial charge in [-0.25, -0.2) is 9.18 Å². The highest BCUT2D eigenvalue weighted by Crippen LogP contribution is 2.40. The number of halogens is 1. The highest BCUT2D eigenvalue weighted by atomic mass is 32.1. The molecule has 0 spiro atoms. The van der Waals surface area contributed by atoms with Crippen LogP contribution in [-0.2, 0) is 4.74 Å². The minimum absolute atomic E-state index is 0.0585. The van der Waals surface area contributed by atoms with E-state index in [1.807, 2.05) is 16.8 Å². The van der Waals surface area contributed by atoms with E-state index in [-0.39, 0.29) is 11.9 Å². The van der Waals surface area contributed by atoms with E-state index in [0.717, 1.165) is 28.5 Å². The zero-order valence-corrected chi connectivity index (χ0v) is 15.9. The number of thiophene rings is 1. The third kappa shape index (κ3) is 3.23. The van der Waals surface area contributed by atoms with Crippen LogP contribution in [0.3, 0.4) is 0 Å². The number of anilines is 1. The van der Waals surface area contributed by atoms with Crippen molar-refractivity contribution in [2.45, 2.75) is 43.9 Å². The molecule has 0 radical (unpaired) electrons. The summed E-state index contributed by atoms with van der Waals surface area (Å²) in [7, 11) is 4.55. The van der Waals surface area contributed by atoms with Crippen LogP contribution >= 0.6 is 11.3 Å². The summed E-state index contributed by atoms with van der Waals surface area (Å²) in [4.78, 5) is 12.5. The second kappa shape index (κ2) is 6.67. The Morgan fingerprint density at radius 1 is 1.23 bits per heavy atom. The van der Waals surface area contributed by atoms with Crippen molar-refractivity contribution in [2.24, 2.45) is 0 Å². The number of nitrogens with zero attached hydrogens (tertiary/aromatic N) is 1. The van der Waals surface area contributed by atoms with Gasteiger partial charge in [0.2, 0.25) is 0 Å². The van der Waals surface area contributed by atoms with Crippen molar-refractivity contribution in [1.29, 1.82) is 0 Å². The molecular weight excluding hydrogens is 351 g/mol. The summed E-state index contributed by atoms with van der Waals surface area (Å²) in [5.41, 5.74) is 2.20. The van der Waals surface area contributed by atoms with Crippen LogP contribution < -0.4 is 5.32 Å². The number of benzene rings is 1. The lowest BCUT2D eigenvalue weighted by Crippen LogP contribution is -2.56. The average Bonchev–Trinajstić information content (AvgIpc) is 3.11. The Balaban J connectivity index is 1.46. The zero-order chi connectivity index (χ0) is 18.3. The van der Waals surface area contributed by atoms with Gasteiger partial charge in [0.25, 0.3) is 0 Å². The molecule has 2 aliphatic rings. The highest BCUT2D eigenvalue weighted by Gasteiger charge is 2.49. The van der Waals surface area contributed by atoms with E-state index < -0.39 is 6.09 Å². The first-order valence-electron chi connectivity index (χ1n) is 9.06. The van der Waals surface area contributed by atoms with E-state index in [2.05, 4.69) is 19.4 Å². The van der Waals surface area contributed by atoms with Gasteiger partial charge in [-0.15, -0.1) is 0 Å². The van der Waals surface area contributed by atoms with Gasteiger partial charge in [-0.05, 0) is 40.6 Å². The molecule has 138 valence electrons. The second-order valence-electron chi connectivity index (χ2n) is 7.84. The van der Waals surface area contributed by atoms with Gasteiger partial charge in [0.15, 0.2) is 0 Å².